The van der Waals surface area contributed by atoms with Gasteiger partial charge < -0.3 is 4.90 Å². The Kier molecular flexibility index (Phi) is 5.66. The summed E-state index contributed by atoms with van der Waals surface area (Å²) in [6.07, 6.45) is 1.84. The minimum atomic E-state index is -0.0978. The van der Waals surface area contributed by atoms with Gasteiger partial charge >= 0.3 is 0 Å². The van der Waals surface area contributed by atoms with E-state index in [9.17, 15) is 4.79 Å². The molecule has 2 aromatic heterocycles. The standard InChI is InChI=1S/C19H28N6O/c1-14-6-5-7-20-18(14)13-23-8-10-24(11-9-23)19(26)15(2)12-25-17(4)21-16(3)22-25/h5-7,15H,8-13H2,1-4H3/t15-/m1/s1. The van der Waals surface area contributed by atoms with Gasteiger partial charge in [0.25, 0.3) is 0 Å². The molecule has 7 heteroatoms. The van der Waals surface area contributed by atoms with Gasteiger partial charge in [-0.15, -0.1) is 0 Å². The van der Waals surface area contributed by atoms with E-state index in [1.165, 1.54) is 5.56 Å². The Morgan fingerprint density at radius 3 is 2.54 bits per heavy atom. The molecule has 26 heavy (non-hydrogen) atoms. The van der Waals surface area contributed by atoms with Crippen LogP contribution in [-0.2, 0) is 17.9 Å². The van der Waals surface area contributed by atoms with Crippen molar-refractivity contribution in [3.63, 3.8) is 0 Å². The second-order valence-electron chi connectivity index (χ2n) is 7.16. The van der Waals surface area contributed by atoms with Gasteiger partial charge in [-0.05, 0) is 32.4 Å². The van der Waals surface area contributed by atoms with Crippen LogP contribution in [0.25, 0.3) is 0 Å². The molecule has 1 aliphatic heterocycles. The molecule has 140 valence electrons. The van der Waals surface area contributed by atoms with E-state index >= 15 is 0 Å². The van der Waals surface area contributed by atoms with E-state index in [2.05, 4.69) is 33.0 Å². The summed E-state index contributed by atoms with van der Waals surface area (Å²) >= 11 is 0. The van der Waals surface area contributed by atoms with E-state index in [4.69, 9.17) is 0 Å². The Bertz CT molecular complexity index is 763. The van der Waals surface area contributed by atoms with Gasteiger partial charge in [0.2, 0.25) is 5.91 Å². The van der Waals surface area contributed by atoms with Crippen LogP contribution in [0.15, 0.2) is 18.3 Å². The number of aromatic nitrogens is 4. The quantitative estimate of drug-likeness (QED) is 0.814. The molecule has 0 bridgehead atoms. The molecule has 7 nitrogen and oxygen atoms in total. The zero-order valence-corrected chi connectivity index (χ0v) is 16.1. The number of nitrogens with zero attached hydrogens (tertiary/aromatic N) is 6. The summed E-state index contributed by atoms with van der Waals surface area (Å²) in [7, 11) is 0. The van der Waals surface area contributed by atoms with E-state index in [0.717, 1.165) is 50.1 Å². The number of carbonyl (C=O) groups is 1. The first-order chi connectivity index (χ1) is 12.4. The highest BCUT2D eigenvalue weighted by molar-refractivity contribution is 5.78. The molecule has 0 spiro atoms. The molecule has 0 radical (unpaired) electrons. The normalized spacial score (nSPS) is 16.7. The van der Waals surface area contributed by atoms with Gasteiger partial charge in [0.15, 0.2) is 0 Å². The summed E-state index contributed by atoms with van der Waals surface area (Å²) in [6.45, 7) is 12.6. The lowest BCUT2D eigenvalue weighted by Gasteiger charge is -2.36. The Morgan fingerprint density at radius 2 is 1.92 bits per heavy atom. The number of pyridine rings is 1. The molecule has 1 aliphatic rings. The first-order valence-corrected chi connectivity index (χ1v) is 9.23. The van der Waals surface area contributed by atoms with E-state index in [1.54, 1.807) is 0 Å². The monoisotopic (exact) mass is 356 g/mol. The number of hydrogen-bond donors (Lipinski definition) is 0. The van der Waals surface area contributed by atoms with E-state index in [0.29, 0.717) is 6.54 Å². The number of rotatable bonds is 5. The molecule has 0 aromatic carbocycles. The lowest BCUT2D eigenvalue weighted by Crippen LogP contribution is -2.50. The van der Waals surface area contributed by atoms with E-state index in [-0.39, 0.29) is 11.8 Å². The van der Waals surface area contributed by atoms with Crippen molar-refractivity contribution in [3.05, 3.63) is 41.2 Å². The molecule has 1 fully saturated rings. The van der Waals surface area contributed by atoms with Gasteiger partial charge in [-0.3, -0.25) is 14.7 Å². The van der Waals surface area contributed by atoms with Crippen molar-refractivity contribution in [1.82, 2.24) is 29.5 Å². The third kappa shape index (κ3) is 4.27. The highest BCUT2D eigenvalue weighted by Crippen LogP contribution is 2.13. The highest BCUT2D eigenvalue weighted by Gasteiger charge is 2.26. The Hall–Kier alpha value is -2.28. The van der Waals surface area contributed by atoms with Crippen LogP contribution in [0.5, 0.6) is 0 Å². The van der Waals surface area contributed by atoms with Crippen molar-refractivity contribution >= 4 is 5.91 Å². The van der Waals surface area contributed by atoms with Crippen molar-refractivity contribution in [3.8, 4) is 0 Å². The molecular formula is C19H28N6O. The fourth-order valence-corrected chi connectivity index (χ4v) is 3.41. The first-order valence-electron chi connectivity index (χ1n) is 9.23. The number of carbonyl (C=O) groups excluding carboxylic acids is 1. The van der Waals surface area contributed by atoms with Crippen molar-refractivity contribution < 1.29 is 4.79 Å². The molecule has 3 heterocycles. The third-order valence-corrected chi connectivity index (χ3v) is 5.01. The van der Waals surface area contributed by atoms with Gasteiger partial charge in [0.05, 0.1) is 18.2 Å². The van der Waals surface area contributed by atoms with Crippen molar-refractivity contribution in [2.75, 3.05) is 26.2 Å². The zero-order chi connectivity index (χ0) is 18.7. The Labute approximate surface area is 155 Å². The Morgan fingerprint density at radius 1 is 1.19 bits per heavy atom. The average Bonchev–Trinajstić information content (AvgIpc) is 2.94. The van der Waals surface area contributed by atoms with Gasteiger partial charge in [-0.25, -0.2) is 9.67 Å². The number of hydrogen-bond acceptors (Lipinski definition) is 5. The topological polar surface area (TPSA) is 67.2 Å². The largest absolute Gasteiger partial charge is 0.340 e. The number of piperazine rings is 1. The van der Waals surface area contributed by atoms with Crippen molar-refractivity contribution in [2.24, 2.45) is 5.92 Å². The van der Waals surface area contributed by atoms with Gasteiger partial charge in [-0.1, -0.05) is 13.0 Å². The molecule has 2 aromatic rings. The number of amides is 1. The van der Waals surface area contributed by atoms with Crippen LogP contribution < -0.4 is 0 Å². The molecule has 0 aliphatic carbocycles. The molecule has 1 atom stereocenters. The average molecular weight is 356 g/mol. The summed E-state index contributed by atoms with van der Waals surface area (Å²) in [4.78, 5) is 25.9. The van der Waals surface area contributed by atoms with Crippen molar-refractivity contribution in [1.29, 1.82) is 0 Å². The van der Waals surface area contributed by atoms with E-state index < -0.39 is 0 Å². The Balaban J connectivity index is 1.51. The maximum Gasteiger partial charge on any atom is 0.227 e. The molecule has 3 rings (SSSR count). The number of aryl methyl sites for hydroxylation is 3. The van der Waals surface area contributed by atoms with Crippen LogP contribution in [-0.4, -0.2) is 61.6 Å². The fourth-order valence-electron chi connectivity index (χ4n) is 3.41. The summed E-state index contributed by atoms with van der Waals surface area (Å²) in [6, 6.07) is 4.06. The maximum atomic E-state index is 12.8. The van der Waals surface area contributed by atoms with E-state index in [1.807, 2.05) is 42.6 Å². The summed E-state index contributed by atoms with van der Waals surface area (Å²) in [5, 5.41) is 4.36. The van der Waals surface area contributed by atoms with Crippen LogP contribution in [0, 0.1) is 26.7 Å². The van der Waals surface area contributed by atoms with Gasteiger partial charge in [0.1, 0.15) is 11.6 Å². The van der Waals surface area contributed by atoms with Crippen LogP contribution in [0.1, 0.15) is 29.8 Å². The third-order valence-electron chi connectivity index (χ3n) is 5.01. The van der Waals surface area contributed by atoms with Crippen molar-refractivity contribution in [2.45, 2.75) is 40.8 Å². The highest BCUT2D eigenvalue weighted by atomic mass is 16.2. The predicted octanol–water partition coefficient (Wildman–Crippen LogP) is 1.58. The molecule has 1 amide bonds. The molecule has 0 N–H and O–H groups in total. The van der Waals surface area contributed by atoms with Gasteiger partial charge in [-0.2, -0.15) is 5.10 Å². The minimum absolute atomic E-state index is 0.0978. The minimum Gasteiger partial charge on any atom is -0.340 e. The van der Waals surface area contributed by atoms with Gasteiger partial charge in [0, 0.05) is 38.9 Å². The SMILES string of the molecule is Cc1nc(C)n(C[C@@H](C)C(=O)N2CCN(Cc3ncccc3C)CC2)n1. The molecular weight excluding hydrogens is 328 g/mol. The van der Waals surface area contributed by atoms with Crippen LogP contribution >= 0.6 is 0 Å². The smallest absolute Gasteiger partial charge is 0.227 e. The summed E-state index contributed by atoms with van der Waals surface area (Å²) in [5.74, 6) is 1.71. The van der Waals surface area contributed by atoms with Crippen LogP contribution in [0.4, 0.5) is 0 Å². The fraction of sp³-hybridized carbons (Fsp3) is 0.579. The summed E-state index contributed by atoms with van der Waals surface area (Å²) < 4.78 is 1.83. The van der Waals surface area contributed by atoms with Crippen LogP contribution in [0.3, 0.4) is 0 Å². The zero-order valence-electron chi connectivity index (χ0n) is 16.1. The first kappa shape index (κ1) is 18.5. The predicted molar refractivity (Wildman–Crippen MR) is 99.5 cm³/mol. The second-order valence-corrected chi connectivity index (χ2v) is 7.16. The van der Waals surface area contributed by atoms with Crippen LogP contribution in [0.2, 0.25) is 0 Å². The second kappa shape index (κ2) is 7.95. The lowest BCUT2D eigenvalue weighted by atomic mass is 10.1. The molecule has 0 saturated carbocycles. The molecule has 0 unspecified atom stereocenters. The molecule has 1 saturated heterocycles. The summed E-state index contributed by atoms with van der Waals surface area (Å²) in [5.41, 5.74) is 2.34. The lowest BCUT2D eigenvalue weighted by molar-refractivity contribution is -0.137. The maximum absolute atomic E-state index is 12.8.